The van der Waals surface area contributed by atoms with Crippen LogP contribution in [0, 0.1) is 5.82 Å². The summed E-state index contributed by atoms with van der Waals surface area (Å²) in [5.74, 6) is 1.01. The van der Waals surface area contributed by atoms with Crippen LogP contribution in [0.2, 0.25) is 0 Å². The average Bonchev–Trinajstić information content (AvgIpc) is 2.66. The van der Waals surface area contributed by atoms with E-state index >= 15 is 0 Å². The first-order valence-electron chi connectivity index (χ1n) is 8.15. The Labute approximate surface area is 152 Å². The molecule has 0 saturated heterocycles. The molecular weight excluding hydrogens is 337 g/mol. The molecule has 0 aliphatic heterocycles. The lowest BCUT2D eigenvalue weighted by Crippen LogP contribution is -2.38. The maximum Gasteiger partial charge on any atom is 0.191 e. The van der Waals surface area contributed by atoms with Crippen molar-refractivity contribution >= 4 is 5.96 Å². The molecule has 0 fully saturated rings. The van der Waals surface area contributed by atoms with Gasteiger partial charge in [0, 0.05) is 19.2 Å². The number of aliphatic imine (C=N–C) groups is 1. The van der Waals surface area contributed by atoms with E-state index in [1.54, 1.807) is 27.3 Å². The minimum Gasteiger partial charge on any atom is -0.505 e. The summed E-state index contributed by atoms with van der Waals surface area (Å²) in [5, 5.41) is 15.6. The van der Waals surface area contributed by atoms with Crippen LogP contribution >= 0.6 is 0 Å². The van der Waals surface area contributed by atoms with E-state index in [2.05, 4.69) is 15.6 Å². The van der Waals surface area contributed by atoms with Crippen LogP contribution in [-0.2, 0) is 6.54 Å². The van der Waals surface area contributed by atoms with Crippen molar-refractivity contribution < 1.29 is 19.0 Å². The van der Waals surface area contributed by atoms with E-state index < -0.39 is 5.82 Å². The number of phenolic OH excluding ortho intramolecular Hbond substituents is 1. The average molecular weight is 361 g/mol. The van der Waals surface area contributed by atoms with E-state index in [9.17, 15) is 9.50 Å². The summed E-state index contributed by atoms with van der Waals surface area (Å²) in [6.07, 6.45) is 0. The van der Waals surface area contributed by atoms with Crippen molar-refractivity contribution in [2.24, 2.45) is 4.99 Å². The van der Waals surface area contributed by atoms with Gasteiger partial charge in [0.15, 0.2) is 17.5 Å². The number of hydrogen-bond acceptors (Lipinski definition) is 4. The second kappa shape index (κ2) is 8.94. The maximum absolute atomic E-state index is 13.4. The minimum absolute atomic E-state index is 0.109. The van der Waals surface area contributed by atoms with Gasteiger partial charge < -0.3 is 25.2 Å². The first-order chi connectivity index (χ1) is 12.5. The third kappa shape index (κ3) is 4.78. The molecule has 0 spiro atoms. The normalized spacial score (nSPS) is 12.4. The third-order valence-corrected chi connectivity index (χ3v) is 3.95. The molecule has 0 bridgehead atoms. The molecule has 1 unspecified atom stereocenters. The summed E-state index contributed by atoms with van der Waals surface area (Å²) < 4.78 is 24.1. The Balaban J connectivity index is 2.06. The fourth-order valence-electron chi connectivity index (χ4n) is 2.50. The monoisotopic (exact) mass is 361 g/mol. The number of aromatic hydroxyl groups is 1. The molecule has 26 heavy (non-hydrogen) atoms. The lowest BCUT2D eigenvalue weighted by atomic mass is 10.1. The van der Waals surface area contributed by atoms with E-state index in [4.69, 9.17) is 9.47 Å². The highest BCUT2D eigenvalue weighted by molar-refractivity contribution is 5.80. The van der Waals surface area contributed by atoms with Gasteiger partial charge in [0.1, 0.15) is 11.5 Å². The highest BCUT2D eigenvalue weighted by atomic mass is 19.1. The summed E-state index contributed by atoms with van der Waals surface area (Å²) >= 11 is 0. The van der Waals surface area contributed by atoms with Crippen LogP contribution in [-0.4, -0.2) is 32.3 Å². The molecular formula is C19H24FN3O3. The summed E-state index contributed by atoms with van der Waals surface area (Å²) in [6, 6.07) is 9.73. The Morgan fingerprint density at radius 1 is 1.19 bits per heavy atom. The number of nitrogens with zero attached hydrogens (tertiary/aromatic N) is 1. The first kappa shape index (κ1) is 19.4. The van der Waals surface area contributed by atoms with Gasteiger partial charge in [-0.05, 0) is 42.8 Å². The van der Waals surface area contributed by atoms with Crippen molar-refractivity contribution in [3.05, 3.63) is 53.3 Å². The molecule has 2 rings (SSSR count). The number of rotatable bonds is 6. The third-order valence-electron chi connectivity index (χ3n) is 3.95. The van der Waals surface area contributed by atoms with Gasteiger partial charge in [-0.1, -0.05) is 6.07 Å². The fraction of sp³-hybridized carbons (Fsp3) is 0.316. The highest BCUT2D eigenvalue weighted by Gasteiger charge is 2.14. The zero-order valence-electron chi connectivity index (χ0n) is 15.3. The van der Waals surface area contributed by atoms with Crippen LogP contribution in [0.25, 0.3) is 0 Å². The largest absolute Gasteiger partial charge is 0.505 e. The van der Waals surface area contributed by atoms with Crippen LogP contribution < -0.4 is 20.1 Å². The number of methoxy groups -OCH3 is 2. The fourth-order valence-corrected chi connectivity index (χ4v) is 2.50. The number of phenols is 1. The maximum atomic E-state index is 13.4. The number of benzene rings is 2. The van der Waals surface area contributed by atoms with Gasteiger partial charge in [-0.25, -0.2) is 4.39 Å². The molecule has 0 amide bonds. The zero-order valence-corrected chi connectivity index (χ0v) is 15.3. The number of halogens is 1. The molecule has 6 nitrogen and oxygen atoms in total. The second-order valence-corrected chi connectivity index (χ2v) is 5.69. The first-order valence-corrected chi connectivity index (χ1v) is 8.15. The zero-order chi connectivity index (χ0) is 19.1. The van der Waals surface area contributed by atoms with Crippen molar-refractivity contribution in [3.8, 4) is 17.2 Å². The summed E-state index contributed by atoms with van der Waals surface area (Å²) in [4.78, 5) is 4.19. The van der Waals surface area contributed by atoms with Crippen molar-refractivity contribution in [1.82, 2.24) is 10.6 Å². The quantitative estimate of drug-likeness (QED) is 0.545. The molecule has 140 valence electrons. The molecule has 1 atom stereocenters. The molecule has 0 radical (unpaired) electrons. The van der Waals surface area contributed by atoms with Crippen molar-refractivity contribution in [3.63, 3.8) is 0 Å². The molecule has 0 aliphatic rings. The molecule has 2 aromatic rings. The van der Waals surface area contributed by atoms with Gasteiger partial charge in [0.2, 0.25) is 0 Å². The van der Waals surface area contributed by atoms with Crippen molar-refractivity contribution in [1.29, 1.82) is 0 Å². The van der Waals surface area contributed by atoms with Gasteiger partial charge >= 0.3 is 0 Å². The standard InChI is InChI=1S/C19H24FN3O3/c1-12(15-10-14(25-3)6-8-18(15)26-4)23-19(21-2)22-11-13-5-7-17(24)16(20)9-13/h5-10,12,24H,11H2,1-4H3,(H2,21,22,23). The van der Waals surface area contributed by atoms with Crippen molar-refractivity contribution in [2.75, 3.05) is 21.3 Å². The predicted octanol–water partition coefficient (Wildman–Crippen LogP) is 2.97. The van der Waals surface area contributed by atoms with Gasteiger partial charge in [-0.2, -0.15) is 0 Å². The molecule has 7 heteroatoms. The topological polar surface area (TPSA) is 75.1 Å². The molecule has 0 saturated carbocycles. The van der Waals surface area contributed by atoms with Crippen LogP contribution in [0.4, 0.5) is 4.39 Å². The molecule has 3 N–H and O–H groups in total. The lowest BCUT2D eigenvalue weighted by molar-refractivity contribution is 0.394. The van der Waals surface area contributed by atoms with E-state index in [1.165, 1.54) is 12.1 Å². The van der Waals surface area contributed by atoms with Gasteiger partial charge in [0.05, 0.1) is 20.3 Å². The number of hydrogen-bond donors (Lipinski definition) is 3. The summed E-state index contributed by atoms with van der Waals surface area (Å²) in [6.45, 7) is 2.34. The van der Waals surface area contributed by atoms with Crippen LogP contribution in [0.15, 0.2) is 41.4 Å². The molecule has 0 aliphatic carbocycles. The Morgan fingerprint density at radius 2 is 1.96 bits per heavy atom. The van der Waals surface area contributed by atoms with Crippen LogP contribution in [0.5, 0.6) is 17.2 Å². The van der Waals surface area contributed by atoms with Crippen LogP contribution in [0.1, 0.15) is 24.1 Å². The molecule has 0 heterocycles. The number of nitrogens with one attached hydrogen (secondary N) is 2. The minimum atomic E-state index is -0.651. The smallest absolute Gasteiger partial charge is 0.191 e. The van der Waals surface area contributed by atoms with E-state index in [0.29, 0.717) is 18.1 Å². The summed E-state index contributed by atoms with van der Waals surface area (Å²) in [5.41, 5.74) is 1.61. The highest BCUT2D eigenvalue weighted by Crippen LogP contribution is 2.29. The van der Waals surface area contributed by atoms with E-state index in [0.717, 1.165) is 17.1 Å². The number of guanidine groups is 1. The lowest BCUT2D eigenvalue weighted by Gasteiger charge is -2.21. The van der Waals surface area contributed by atoms with E-state index in [-0.39, 0.29) is 11.8 Å². The van der Waals surface area contributed by atoms with Gasteiger partial charge in [0.25, 0.3) is 0 Å². The Morgan fingerprint density at radius 3 is 2.58 bits per heavy atom. The molecule has 2 aromatic carbocycles. The van der Waals surface area contributed by atoms with Crippen molar-refractivity contribution in [2.45, 2.75) is 19.5 Å². The van der Waals surface area contributed by atoms with Gasteiger partial charge in [-0.3, -0.25) is 4.99 Å². The van der Waals surface area contributed by atoms with Gasteiger partial charge in [-0.15, -0.1) is 0 Å². The summed E-state index contributed by atoms with van der Waals surface area (Å²) in [7, 11) is 4.88. The predicted molar refractivity (Wildman–Crippen MR) is 99.4 cm³/mol. The second-order valence-electron chi connectivity index (χ2n) is 5.69. The Kier molecular flexibility index (Phi) is 6.66. The Hall–Kier alpha value is -2.96. The SMILES string of the molecule is CN=C(NCc1ccc(O)c(F)c1)NC(C)c1cc(OC)ccc1OC. The van der Waals surface area contributed by atoms with E-state index in [1.807, 2.05) is 25.1 Å². The Bertz CT molecular complexity index is 781. The number of ether oxygens (including phenoxy) is 2. The van der Waals surface area contributed by atoms with Crippen LogP contribution in [0.3, 0.4) is 0 Å². The molecule has 0 aromatic heterocycles.